The number of ether oxygens (including phenoxy) is 3. The number of fused-ring (bicyclic) bond motifs is 3. The SMILES string of the molecule is O=C1/C(=C/c2cccc(F)c2)Oc2c1ccc1c2CN(C[C@H]2CCCO2)CO1. The normalized spacial score (nSPS) is 22.7. The first-order chi connectivity index (χ1) is 13.7. The van der Waals surface area contributed by atoms with Crippen molar-refractivity contribution in [2.45, 2.75) is 25.5 Å². The molecule has 1 fully saturated rings. The lowest BCUT2D eigenvalue weighted by atomic mass is 10.0. The minimum absolute atomic E-state index is 0.196. The van der Waals surface area contributed by atoms with Crippen LogP contribution in [0.15, 0.2) is 42.2 Å². The van der Waals surface area contributed by atoms with Crippen LogP contribution in [0, 0.1) is 5.82 Å². The lowest BCUT2D eigenvalue weighted by Gasteiger charge is -2.31. The van der Waals surface area contributed by atoms with Crippen LogP contribution >= 0.6 is 0 Å². The van der Waals surface area contributed by atoms with Gasteiger partial charge in [0.05, 0.1) is 17.2 Å². The van der Waals surface area contributed by atoms with Crippen molar-refractivity contribution in [3.05, 3.63) is 64.7 Å². The third-order valence-corrected chi connectivity index (χ3v) is 5.31. The van der Waals surface area contributed by atoms with Crippen LogP contribution in [-0.2, 0) is 11.3 Å². The van der Waals surface area contributed by atoms with Crippen LogP contribution in [0.5, 0.6) is 11.5 Å². The van der Waals surface area contributed by atoms with E-state index in [1.165, 1.54) is 12.1 Å². The fraction of sp³-hybridized carbons (Fsp3) is 0.318. The van der Waals surface area contributed by atoms with Gasteiger partial charge in [0, 0.05) is 19.7 Å². The maximum Gasteiger partial charge on any atom is 0.231 e. The zero-order valence-corrected chi connectivity index (χ0v) is 15.3. The van der Waals surface area contributed by atoms with E-state index in [-0.39, 0.29) is 23.5 Å². The van der Waals surface area contributed by atoms with Crippen molar-refractivity contribution in [3.63, 3.8) is 0 Å². The summed E-state index contributed by atoms with van der Waals surface area (Å²) in [4.78, 5) is 14.9. The summed E-state index contributed by atoms with van der Waals surface area (Å²) in [6, 6.07) is 9.63. The van der Waals surface area contributed by atoms with Crippen LogP contribution in [0.1, 0.15) is 34.3 Å². The van der Waals surface area contributed by atoms with E-state index in [9.17, 15) is 9.18 Å². The number of carbonyl (C=O) groups is 1. The molecule has 0 radical (unpaired) electrons. The third kappa shape index (κ3) is 3.19. The van der Waals surface area contributed by atoms with Gasteiger partial charge in [-0.2, -0.15) is 0 Å². The number of benzene rings is 2. The van der Waals surface area contributed by atoms with Gasteiger partial charge in [-0.15, -0.1) is 0 Å². The van der Waals surface area contributed by atoms with Gasteiger partial charge in [0.2, 0.25) is 5.78 Å². The van der Waals surface area contributed by atoms with Crippen molar-refractivity contribution >= 4 is 11.9 Å². The Kier molecular flexibility index (Phi) is 4.37. The van der Waals surface area contributed by atoms with Crippen molar-refractivity contribution in [2.75, 3.05) is 19.9 Å². The molecule has 1 saturated heterocycles. The van der Waals surface area contributed by atoms with Crippen LogP contribution in [0.2, 0.25) is 0 Å². The summed E-state index contributed by atoms with van der Waals surface area (Å²) < 4.78 is 31.0. The molecule has 0 aromatic heterocycles. The summed E-state index contributed by atoms with van der Waals surface area (Å²) in [5, 5.41) is 0. The van der Waals surface area contributed by atoms with E-state index in [2.05, 4.69) is 4.90 Å². The molecule has 6 heteroatoms. The summed E-state index contributed by atoms with van der Waals surface area (Å²) in [5.74, 6) is 0.931. The molecule has 0 unspecified atom stereocenters. The maximum absolute atomic E-state index is 13.4. The Hall–Kier alpha value is -2.70. The average molecular weight is 381 g/mol. The van der Waals surface area contributed by atoms with Gasteiger partial charge in [-0.05, 0) is 48.7 Å². The summed E-state index contributed by atoms with van der Waals surface area (Å²) >= 11 is 0. The number of hydrogen-bond donors (Lipinski definition) is 0. The monoisotopic (exact) mass is 381 g/mol. The predicted octanol–water partition coefficient (Wildman–Crippen LogP) is 3.77. The number of allylic oxidation sites excluding steroid dienone is 1. The molecule has 5 nitrogen and oxygen atoms in total. The molecule has 1 atom stereocenters. The number of hydrogen-bond acceptors (Lipinski definition) is 5. The van der Waals surface area contributed by atoms with Crippen LogP contribution < -0.4 is 9.47 Å². The largest absolute Gasteiger partial charge is 0.478 e. The van der Waals surface area contributed by atoms with Gasteiger partial charge in [0.1, 0.15) is 24.0 Å². The molecule has 144 valence electrons. The van der Waals surface area contributed by atoms with Crippen molar-refractivity contribution < 1.29 is 23.4 Å². The molecule has 28 heavy (non-hydrogen) atoms. The maximum atomic E-state index is 13.4. The topological polar surface area (TPSA) is 48.0 Å². The van der Waals surface area contributed by atoms with Gasteiger partial charge >= 0.3 is 0 Å². The van der Waals surface area contributed by atoms with Gasteiger partial charge in [-0.3, -0.25) is 9.69 Å². The minimum Gasteiger partial charge on any atom is -0.478 e. The molecule has 0 spiro atoms. The molecule has 2 aromatic carbocycles. The zero-order valence-electron chi connectivity index (χ0n) is 15.3. The summed E-state index contributed by atoms with van der Waals surface area (Å²) in [5.41, 5.74) is 1.97. The van der Waals surface area contributed by atoms with Crippen molar-refractivity contribution in [2.24, 2.45) is 0 Å². The first-order valence-electron chi connectivity index (χ1n) is 9.50. The van der Waals surface area contributed by atoms with Crippen molar-refractivity contribution in [1.29, 1.82) is 0 Å². The summed E-state index contributed by atoms with van der Waals surface area (Å²) in [6.07, 6.45) is 3.96. The highest BCUT2D eigenvalue weighted by Crippen LogP contribution is 2.42. The fourth-order valence-electron chi connectivity index (χ4n) is 3.95. The molecule has 5 rings (SSSR count). The number of halogens is 1. The Bertz CT molecular complexity index is 965. The molecule has 0 saturated carbocycles. The van der Waals surface area contributed by atoms with Gasteiger partial charge in [0.25, 0.3) is 0 Å². The van der Waals surface area contributed by atoms with E-state index < -0.39 is 0 Å². The summed E-state index contributed by atoms with van der Waals surface area (Å²) in [6.45, 7) is 2.74. The highest BCUT2D eigenvalue weighted by atomic mass is 19.1. The molecule has 0 aliphatic carbocycles. The molecular weight excluding hydrogens is 361 g/mol. The molecule has 2 aromatic rings. The quantitative estimate of drug-likeness (QED) is 0.758. The molecule has 0 N–H and O–H groups in total. The first-order valence-corrected chi connectivity index (χ1v) is 9.50. The first kappa shape index (κ1) is 17.4. The highest BCUT2D eigenvalue weighted by molar-refractivity contribution is 6.15. The lowest BCUT2D eigenvalue weighted by Crippen LogP contribution is -2.37. The predicted molar refractivity (Wildman–Crippen MR) is 101 cm³/mol. The second kappa shape index (κ2) is 7.04. The van der Waals surface area contributed by atoms with E-state index in [1.807, 2.05) is 6.07 Å². The second-order valence-electron chi connectivity index (χ2n) is 7.33. The number of rotatable bonds is 3. The minimum atomic E-state index is -0.354. The van der Waals surface area contributed by atoms with Gasteiger partial charge < -0.3 is 14.2 Å². The Labute approximate surface area is 162 Å². The fourth-order valence-corrected chi connectivity index (χ4v) is 3.95. The second-order valence-corrected chi connectivity index (χ2v) is 7.33. The zero-order chi connectivity index (χ0) is 19.1. The molecule has 0 bridgehead atoms. The van der Waals surface area contributed by atoms with E-state index in [0.29, 0.717) is 30.2 Å². The Balaban J connectivity index is 1.42. The lowest BCUT2D eigenvalue weighted by molar-refractivity contribution is 0.0274. The molecule has 3 aliphatic heterocycles. The number of nitrogens with zero attached hydrogens (tertiary/aromatic N) is 1. The van der Waals surface area contributed by atoms with E-state index in [1.54, 1.807) is 24.3 Å². The van der Waals surface area contributed by atoms with Crippen molar-refractivity contribution in [3.8, 4) is 11.5 Å². The van der Waals surface area contributed by atoms with Crippen LogP contribution in [0.3, 0.4) is 0 Å². The highest BCUT2D eigenvalue weighted by Gasteiger charge is 2.34. The van der Waals surface area contributed by atoms with Gasteiger partial charge in [-0.1, -0.05) is 12.1 Å². The Morgan fingerprint density at radius 1 is 1.25 bits per heavy atom. The smallest absolute Gasteiger partial charge is 0.231 e. The molecule has 3 heterocycles. The molecular formula is C22H20FNO4. The van der Waals surface area contributed by atoms with Crippen molar-refractivity contribution in [1.82, 2.24) is 4.90 Å². The Morgan fingerprint density at radius 2 is 2.18 bits per heavy atom. The van der Waals surface area contributed by atoms with Gasteiger partial charge in [-0.25, -0.2) is 4.39 Å². The van der Waals surface area contributed by atoms with E-state index in [0.717, 1.165) is 37.3 Å². The summed E-state index contributed by atoms with van der Waals surface area (Å²) in [7, 11) is 0. The van der Waals surface area contributed by atoms with Gasteiger partial charge in [0.15, 0.2) is 5.76 Å². The average Bonchev–Trinajstić information content (AvgIpc) is 3.31. The van der Waals surface area contributed by atoms with E-state index in [4.69, 9.17) is 14.2 Å². The standard InChI is InChI=1S/C22H20FNO4/c23-15-4-1-3-14(9-15)10-20-21(25)17-6-7-19-18(22(17)28-20)12-24(13-27-19)11-16-5-2-8-26-16/h1,3-4,6-7,9-10,16H,2,5,8,11-13H2/b20-10-/t16-/m1/s1. The molecule has 3 aliphatic rings. The molecule has 0 amide bonds. The number of Topliss-reactive ketones (excluding diaryl/α,β-unsaturated/α-hetero) is 1. The Morgan fingerprint density at radius 3 is 3.00 bits per heavy atom. The van der Waals surface area contributed by atoms with Crippen LogP contribution in [-0.4, -0.2) is 36.7 Å². The third-order valence-electron chi connectivity index (χ3n) is 5.31. The van der Waals surface area contributed by atoms with E-state index >= 15 is 0 Å². The van der Waals surface area contributed by atoms with Crippen LogP contribution in [0.4, 0.5) is 4.39 Å². The number of carbonyl (C=O) groups excluding carboxylic acids is 1. The number of ketones is 1. The van der Waals surface area contributed by atoms with Crippen LogP contribution in [0.25, 0.3) is 6.08 Å².